The van der Waals surface area contributed by atoms with Gasteiger partial charge in [0.25, 0.3) is 0 Å². The van der Waals surface area contributed by atoms with Crippen molar-refractivity contribution in [2.45, 2.75) is 0 Å². The highest BCUT2D eigenvalue weighted by molar-refractivity contribution is 5.81. The first-order valence-electron chi connectivity index (χ1n) is 3.40. The van der Waals surface area contributed by atoms with Gasteiger partial charge in [-0.25, -0.2) is 0 Å². The molecular formula is C10H12O2. The van der Waals surface area contributed by atoms with Gasteiger partial charge in [0.05, 0.1) is 0 Å². The molecule has 0 heterocycles. The molecule has 2 aromatic rings. The number of fused-ring (bicyclic) bond motifs is 1. The van der Waals surface area contributed by atoms with Gasteiger partial charge >= 0.3 is 0 Å². The third-order valence-electron chi connectivity index (χ3n) is 1.66. The predicted octanol–water partition coefficient (Wildman–Crippen LogP) is 1.19. The van der Waals surface area contributed by atoms with E-state index < -0.39 is 0 Å². The summed E-state index contributed by atoms with van der Waals surface area (Å²) >= 11 is 0. The first kappa shape index (κ1) is 10.6. The van der Waals surface area contributed by atoms with Crippen LogP contribution in [-0.4, -0.2) is 11.0 Å². The van der Waals surface area contributed by atoms with Gasteiger partial charge in [-0.1, -0.05) is 48.5 Å². The maximum absolute atomic E-state index is 2.12. The van der Waals surface area contributed by atoms with Gasteiger partial charge in [0.15, 0.2) is 0 Å². The van der Waals surface area contributed by atoms with Gasteiger partial charge in [-0.05, 0) is 10.8 Å². The van der Waals surface area contributed by atoms with E-state index in [2.05, 4.69) is 48.5 Å². The summed E-state index contributed by atoms with van der Waals surface area (Å²) in [6, 6.07) is 16.7. The molecule has 0 atom stereocenters. The standard InChI is InChI=1S/C10H8.2H2O/c1-2-6-10-8-4-3-7-9(10)5-1;;/h1-8H;2*1H2. The van der Waals surface area contributed by atoms with Gasteiger partial charge in [0.2, 0.25) is 0 Å². The van der Waals surface area contributed by atoms with Gasteiger partial charge in [-0.3, -0.25) is 0 Å². The van der Waals surface area contributed by atoms with E-state index in [1.54, 1.807) is 0 Å². The zero-order valence-corrected chi connectivity index (χ0v) is 6.62. The fraction of sp³-hybridized carbons (Fsp3) is 0. The van der Waals surface area contributed by atoms with Crippen molar-refractivity contribution in [3.05, 3.63) is 48.5 Å². The first-order valence-corrected chi connectivity index (χ1v) is 3.40. The van der Waals surface area contributed by atoms with Gasteiger partial charge in [-0.2, -0.15) is 0 Å². The second-order valence-electron chi connectivity index (χ2n) is 2.35. The number of rotatable bonds is 0. The average Bonchev–Trinajstić information content (AvgIpc) is 2.05. The SMILES string of the molecule is O.O.c1ccc2ccccc2c1. The monoisotopic (exact) mass is 164 g/mol. The lowest BCUT2D eigenvalue weighted by Gasteiger charge is -1.92. The molecule has 12 heavy (non-hydrogen) atoms. The van der Waals surface area contributed by atoms with E-state index in [1.165, 1.54) is 10.8 Å². The molecule has 0 bridgehead atoms. The molecule has 0 aliphatic rings. The molecule has 0 spiro atoms. The van der Waals surface area contributed by atoms with Gasteiger partial charge in [-0.15, -0.1) is 0 Å². The third-order valence-corrected chi connectivity index (χ3v) is 1.66. The maximum atomic E-state index is 2.12. The number of hydrogen-bond donors (Lipinski definition) is 0. The van der Waals surface area contributed by atoms with Crippen LogP contribution < -0.4 is 0 Å². The highest BCUT2D eigenvalue weighted by Gasteiger charge is 1.85. The van der Waals surface area contributed by atoms with E-state index in [-0.39, 0.29) is 11.0 Å². The summed E-state index contributed by atoms with van der Waals surface area (Å²) in [7, 11) is 0. The van der Waals surface area contributed by atoms with Crippen LogP contribution in [0, 0.1) is 0 Å². The highest BCUT2D eigenvalue weighted by atomic mass is 16.0. The largest absolute Gasteiger partial charge is 0.412 e. The summed E-state index contributed by atoms with van der Waals surface area (Å²) in [5, 5.41) is 2.62. The van der Waals surface area contributed by atoms with Crippen molar-refractivity contribution in [3.8, 4) is 0 Å². The number of benzene rings is 2. The minimum Gasteiger partial charge on any atom is -0.412 e. The summed E-state index contributed by atoms with van der Waals surface area (Å²) in [6.45, 7) is 0. The molecule has 4 N–H and O–H groups in total. The van der Waals surface area contributed by atoms with Crippen LogP contribution in [0.1, 0.15) is 0 Å². The normalized spacial score (nSPS) is 8.33. The van der Waals surface area contributed by atoms with E-state index in [0.717, 1.165) is 0 Å². The summed E-state index contributed by atoms with van der Waals surface area (Å²) in [5.74, 6) is 0. The molecule has 0 amide bonds. The van der Waals surface area contributed by atoms with Crippen LogP contribution in [0.5, 0.6) is 0 Å². The minimum atomic E-state index is 0. The Morgan fingerprint density at radius 2 is 0.750 bits per heavy atom. The van der Waals surface area contributed by atoms with Crippen molar-refractivity contribution in [1.29, 1.82) is 0 Å². The highest BCUT2D eigenvalue weighted by Crippen LogP contribution is 2.11. The van der Waals surface area contributed by atoms with E-state index in [9.17, 15) is 0 Å². The molecule has 0 unspecified atom stereocenters. The molecule has 2 nitrogen and oxygen atoms in total. The lowest BCUT2D eigenvalue weighted by atomic mass is 10.1. The summed E-state index contributed by atoms with van der Waals surface area (Å²) in [5.41, 5.74) is 0. The smallest absolute Gasteiger partial charge is 0.0184 e. The van der Waals surface area contributed by atoms with Gasteiger partial charge in [0, 0.05) is 0 Å². The number of hydrogen-bond acceptors (Lipinski definition) is 0. The Labute approximate surface area is 71.1 Å². The first-order chi connectivity index (χ1) is 4.97. The zero-order chi connectivity index (χ0) is 6.81. The Morgan fingerprint density at radius 3 is 1.00 bits per heavy atom. The van der Waals surface area contributed by atoms with Crippen molar-refractivity contribution >= 4 is 10.8 Å². The van der Waals surface area contributed by atoms with Crippen molar-refractivity contribution in [1.82, 2.24) is 0 Å². The van der Waals surface area contributed by atoms with Gasteiger partial charge < -0.3 is 11.0 Å². The predicted molar refractivity (Wildman–Crippen MR) is 51.2 cm³/mol. The van der Waals surface area contributed by atoms with Crippen molar-refractivity contribution < 1.29 is 11.0 Å². The van der Waals surface area contributed by atoms with Crippen molar-refractivity contribution in [2.75, 3.05) is 0 Å². The molecule has 0 saturated heterocycles. The molecule has 2 rings (SSSR count). The molecule has 0 aromatic heterocycles. The summed E-state index contributed by atoms with van der Waals surface area (Å²) in [4.78, 5) is 0. The van der Waals surface area contributed by atoms with Crippen LogP contribution in [0.25, 0.3) is 10.8 Å². The maximum Gasteiger partial charge on any atom is -0.0184 e. The fourth-order valence-electron chi connectivity index (χ4n) is 1.13. The second kappa shape index (κ2) is 4.49. The van der Waals surface area contributed by atoms with E-state index in [0.29, 0.717) is 0 Å². The minimum absolute atomic E-state index is 0. The van der Waals surface area contributed by atoms with E-state index >= 15 is 0 Å². The van der Waals surface area contributed by atoms with Crippen LogP contribution in [0.3, 0.4) is 0 Å². The fourth-order valence-corrected chi connectivity index (χ4v) is 1.13. The second-order valence-corrected chi connectivity index (χ2v) is 2.35. The van der Waals surface area contributed by atoms with E-state index in [1.807, 2.05) is 0 Å². The lowest BCUT2D eigenvalue weighted by molar-refractivity contribution is 0.823. The Hall–Kier alpha value is -1.38. The van der Waals surface area contributed by atoms with Gasteiger partial charge in [0.1, 0.15) is 0 Å². The molecule has 2 aromatic carbocycles. The average molecular weight is 164 g/mol. The summed E-state index contributed by atoms with van der Waals surface area (Å²) in [6.07, 6.45) is 0. The van der Waals surface area contributed by atoms with Crippen LogP contribution in [-0.2, 0) is 0 Å². The van der Waals surface area contributed by atoms with Crippen LogP contribution in [0.15, 0.2) is 48.5 Å². The molecule has 0 radical (unpaired) electrons. The van der Waals surface area contributed by atoms with Crippen LogP contribution in [0.2, 0.25) is 0 Å². The third kappa shape index (κ3) is 1.81. The topological polar surface area (TPSA) is 63.0 Å². The Balaban J connectivity index is 0.000000605. The zero-order valence-electron chi connectivity index (χ0n) is 6.62. The van der Waals surface area contributed by atoms with E-state index in [4.69, 9.17) is 0 Å². The molecular weight excluding hydrogens is 152 g/mol. The molecule has 0 aliphatic heterocycles. The summed E-state index contributed by atoms with van der Waals surface area (Å²) < 4.78 is 0. The Morgan fingerprint density at radius 1 is 0.500 bits per heavy atom. The Kier molecular flexibility index (Phi) is 3.97. The molecule has 0 saturated carbocycles. The van der Waals surface area contributed by atoms with Crippen molar-refractivity contribution in [2.24, 2.45) is 0 Å². The molecule has 0 aliphatic carbocycles. The van der Waals surface area contributed by atoms with Crippen LogP contribution >= 0.6 is 0 Å². The lowest BCUT2D eigenvalue weighted by Crippen LogP contribution is -1.67. The van der Waals surface area contributed by atoms with Crippen LogP contribution in [0.4, 0.5) is 0 Å². The van der Waals surface area contributed by atoms with Crippen molar-refractivity contribution in [3.63, 3.8) is 0 Å². The Bertz CT molecular complexity index is 279. The quantitative estimate of drug-likeness (QED) is 0.561. The molecule has 0 fully saturated rings. The molecule has 64 valence electrons. The molecule has 2 heteroatoms.